The second kappa shape index (κ2) is 5.68. The predicted octanol–water partition coefficient (Wildman–Crippen LogP) is 1.33. The molecule has 0 bridgehead atoms. The number of para-hydroxylation sites is 1. The standard InChI is InChI=1S/C13H20N4/c1-14-13(15-12-6-4-3-5-7-12)17-10-8-16(2)9-11-17/h3-7H,8-11H2,1-2H3,(H,14,15). The third kappa shape index (κ3) is 3.20. The van der Waals surface area contributed by atoms with Gasteiger partial charge in [0.15, 0.2) is 5.96 Å². The summed E-state index contributed by atoms with van der Waals surface area (Å²) in [4.78, 5) is 8.98. The molecule has 1 aliphatic rings. The van der Waals surface area contributed by atoms with Gasteiger partial charge >= 0.3 is 0 Å². The number of likely N-dealkylation sites (N-methyl/N-ethyl adjacent to an activating group) is 1. The van der Waals surface area contributed by atoms with Gasteiger partial charge in [-0.1, -0.05) is 18.2 Å². The molecule has 0 saturated carbocycles. The van der Waals surface area contributed by atoms with Gasteiger partial charge in [-0.15, -0.1) is 0 Å². The van der Waals surface area contributed by atoms with Gasteiger partial charge in [-0.2, -0.15) is 0 Å². The second-order valence-corrected chi connectivity index (χ2v) is 4.33. The average molecular weight is 232 g/mol. The number of nitrogens with zero attached hydrogens (tertiary/aromatic N) is 3. The SMILES string of the molecule is C/N=C(\Nc1ccccc1)N1CCN(C)CC1. The van der Waals surface area contributed by atoms with Crippen LogP contribution in [0.2, 0.25) is 0 Å². The maximum atomic E-state index is 4.34. The topological polar surface area (TPSA) is 30.9 Å². The maximum Gasteiger partial charge on any atom is 0.198 e. The molecule has 2 rings (SSSR count). The molecule has 1 aromatic rings. The second-order valence-electron chi connectivity index (χ2n) is 4.33. The third-order valence-electron chi connectivity index (χ3n) is 3.04. The molecular weight excluding hydrogens is 212 g/mol. The van der Waals surface area contributed by atoms with Crippen molar-refractivity contribution in [2.24, 2.45) is 4.99 Å². The van der Waals surface area contributed by atoms with Gasteiger partial charge in [-0.05, 0) is 19.2 Å². The van der Waals surface area contributed by atoms with E-state index in [2.05, 4.69) is 39.3 Å². The Bertz CT molecular complexity index is 366. The normalized spacial score (nSPS) is 18.2. The van der Waals surface area contributed by atoms with Gasteiger partial charge < -0.3 is 15.1 Å². The molecule has 92 valence electrons. The molecule has 0 atom stereocenters. The van der Waals surface area contributed by atoms with Crippen LogP contribution in [0.1, 0.15) is 0 Å². The number of rotatable bonds is 1. The van der Waals surface area contributed by atoms with Crippen LogP contribution in [0, 0.1) is 0 Å². The molecule has 1 aromatic carbocycles. The van der Waals surface area contributed by atoms with Crippen LogP contribution in [-0.2, 0) is 0 Å². The summed E-state index contributed by atoms with van der Waals surface area (Å²) in [5, 5.41) is 3.37. The minimum absolute atomic E-state index is 0.962. The van der Waals surface area contributed by atoms with Crippen molar-refractivity contribution in [3.8, 4) is 0 Å². The van der Waals surface area contributed by atoms with E-state index in [0.717, 1.165) is 37.8 Å². The summed E-state index contributed by atoms with van der Waals surface area (Å²) < 4.78 is 0. The first-order valence-electron chi connectivity index (χ1n) is 6.02. The van der Waals surface area contributed by atoms with Crippen molar-refractivity contribution in [3.63, 3.8) is 0 Å². The van der Waals surface area contributed by atoms with Crippen molar-refractivity contribution < 1.29 is 0 Å². The molecule has 0 amide bonds. The highest BCUT2D eigenvalue weighted by molar-refractivity contribution is 5.93. The molecule has 0 aliphatic carbocycles. The van der Waals surface area contributed by atoms with Crippen molar-refractivity contribution in [1.82, 2.24) is 9.80 Å². The molecule has 0 unspecified atom stereocenters. The minimum atomic E-state index is 0.962. The van der Waals surface area contributed by atoms with Crippen LogP contribution in [0.3, 0.4) is 0 Å². The highest BCUT2D eigenvalue weighted by Crippen LogP contribution is 2.08. The average Bonchev–Trinajstić information content (AvgIpc) is 2.38. The summed E-state index contributed by atoms with van der Waals surface area (Å²) in [6, 6.07) is 10.2. The Morgan fingerprint density at radius 3 is 2.35 bits per heavy atom. The smallest absolute Gasteiger partial charge is 0.198 e. The summed E-state index contributed by atoms with van der Waals surface area (Å²) in [7, 11) is 3.99. The molecule has 0 spiro atoms. The van der Waals surface area contributed by atoms with Gasteiger partial charge in [-0.25, -0.2) is 0 Å². The fourth-order valence-corrected chi connectivity index (χ4v) is 1.95. The highest BCUT2D eigenvalue weighted by atomic mass is 15.3. The lowest BCUT2D eigenvalue weighted by Crippen LogP contribution is -2.49. The van der Waals surface area contributed by atoms with E-state index >= 15 is 0 Å². The first kappa shape index (κ1) is 11.9. The third-order valence-corrected chi connectivity index (χ3v) is 3.04. The van der Waals surface area contributed by atoms with Gasteiger partial charge in [0, 0.05) is 38.9 Å². The van der Waals surface area contributed by atoms with Crippen molar-refractivity contribution in [3.05, 3.63) is 30.3 Å². The summed E-state index contributed by atoms with van der Waals surface area (Å²) >= 11 is 0. The van der Waals surface area contributed by atoms with Crippen LogP contribution in [-0.4, -0.2) is 56.0 Å². The lowest BCUT2D eigenvalue weighted by atomic mass is 10.3. The predicted molar refractivity (Wildman–Crippen MR) is 72.5 cm³/mol. The summed E-state index contributed by atoms with van der Waals surface area (Å²) in [6.07, 6.45) is 0. The van der Waals surface area contributed by atoms with Crippen molar-refractivity contribution in [2.45, 2.75) is 0 Å². The first-order chi connectivity index (χ1) is 8.29. The summed E-state index contributed by atoms with van der Waals surface area (Å²) in [5.41, 5.74) is 1.09. The molecule has 0 aromatic heterocycles. The van der Waals surface area contributed by atoms with E-state index < -0.39 is 0 Å². The zero-order valence-electron chi connectivity index (χ0n) is 10.6. The molecule has 1 heterocycles. The van der Waals surface area contributed by atoms with Crippen LogP contribution < -0.4 is 5.32 Å². The van der Waals surface area contributed by atoms with E-state index in [-0.39, 0.29) is 0 Å². The Hall–Kier alpha value is -1.55. The summed E-state index contributed by atoms with van der Waals surface area (Å²) in [5.74, 6) is 0.962. The lowest BCUT2D eigenvalue weighted by Gasteiger charge is -2.34. The van der Waals surface area contributed by atoms with E-state index in [1.807, 2.05) is 25.2 Å². The number of hydrogen-bond donors (Lipinski definition) is 1. The molecule has 4 heteroatoms. The Kier molecular flexibility index (Phi) is 3.98. The molecule has 1 aliphatic heterocycles. The van der Waals surface area contributed by atoms with E-state index in [1.165, 1.54) is 0 Å². The quantitative estimate of drug-likeness (QED) is 0.585. The Labute approximate surface area is 103 Å². The number of guanidine groups is 1. The Morgan fingerprint density at radius 2 is 1.76 bits per heavy atom. The molecule has 4 nitrogen and oxygen atoms in total. The van der Waals surface area contributed by atoms with Crippen LogP contribution in [0.4, 0.5) is 5.69 Å². The minimum Gasteiger partial charge on any atom is -0.340 e. The largest absolute Gasteiger partial charge is 0.340 e. The van der Waals surface area contributed by atoms with Gasteiger partial charge in [0.2, 0.25) is 0 Å². The van der Waals surface area contributed by atoms with Crippen LogP contribution in [0.15, 0.2) is 35.3 Å². The molecule has 17 heavy (non-hydrogen) atoms. The Morgan fingerprint density at radius 1 is 1.12 bits per heavy atom. The van der Waals surface area contributed by atoms with Crippen molar-refractivity contribution in [2.75, 3.05) is 45.6 Å². The van der Waals surface area contributed by atoms with Gasteiger partial charge in [0.25, 0.3) is 0 Å². The lowest BCUT2D eigenvalue weighted by molar-refractivity contribution is 0.215. The van der Waals surface area contributed by atoms with Crippen molar-refractivity contribution >= 4 is 11.6 Å². The van der Waals surface area contributed by atoms with E-state index in [1.54, 1.807) is 0 Å². The number of hydrogen-bond acceptors (Lipinski definition) is 2. The molecule has 1 N–H and O–H groups in total. The number of nitrogens with one attached hydrogen (secondary N) is 1. The fraction of sp³-hybridized carbons (Fsp3) is 0.462. The van der Waals surface area contributed by atoms with Gasteiger partial charge in [0.1, 0.15) is 0 Å². The fourth-order valence-electron chi connectivity index (χ4n) is 1.95. The zero-order valence-corrected chi connectivity index (χ0v) is 10.6. The van der Waals surface area contributed by atoms with Gasteiger partial charge in [-0.3, -0.25) is 4.99 Å². The van der Waals surface area contributed by atoms with Gasteiger partial charge in [0.05, 0.1) is 0 Å². The summed E-state index contributed by atoms with van der Waals surface area (Å²) in [6.45, 7) is 4.25. The molecule has 1 fully saturated rings. The monoisotopic (exact) mass is 232 g/mol. The van der Waals surface area contributed by atoms with Crippen LogP contribution in [0.5, 0.6) is 0 Å². The molecule has 1 saturated heterocycles. The Balaban J connectivity index is 1.98. The highest BCUT2D eigenvalue weighted by Gasteiger charge is 2.16. The number of piperazine rings is 1. The zero-order chi connectivity index (χ0) is 12.1. The van der Waals surface area contributed by atoms with E-state index in [9.17, 15) is 0 Å². The van der Waals surface area contributed by atoms with E-state index in [4.69, 9.17) is 0 Å². The molecular formula is C13H20N4. The van der Waals surface area contributed by atoms with Crippen LogP contribution >= 0.6 is 0 Å². The number of anilines is 1. The molecule has 0 radical (unpaired) electrons. The number of aliphatic imine (C=N–C) groups is 1. The van der Waals surface area contributed by atoms with E-state index in [0.29, 0.717) is 0 Å². The number of benzene rings is 1. The first-order valence-corrected chi connectivity index (χ1v) is 6.02. The van der Waals surface area contributed by atoms with Crippen molar-refractivity contribution in [1.29, 1.82) is 0 Å². The van der Waals surface area contributed by atoms with Crippen LogP contribution in [0.25, 0.3) is 0 Å². The maximum absolute atomic E-state index is 4.34.